The monoisotopic (exact) mass is 626 g/mol. The van der Waals surface area contributed by atoms with Crippen molar-refractivity contribution < 1.29 is 32.3 Å². The molecule has 6 heterocycles. The van der Waals surface area contributed by atoms with Gasteiger partial charge in [-0.1, -0.05) is 6.07 Å². The fourth-order valence-electron chi connectivity index (χ4n) is 6.77. The number of nitrogens with one attached hydrogen (secondary N) is 1. The van der Waals surface area contributed by atoms with Gasteiger partial charge in [0.1, 0.15) is 23.4 Å². The topological polar surface area (TPSA) is 118 Å². The van der Waals surface area contributed by atoms with Crippen LogP contribution < -0.4 is 10.2 Å². The van der Waals surface area contributed by atoms with Crippen LogP contribution in [-0.2, 0) is 27.4 Å². The Kier molecular flexibility index (Phi) is 7.81. The number of benzene rings is 1. The molecule has 4 aliphatic rings. The molecule has 15 heteroatoms. The zero-order valence-electron chi connectivity index (χ0n) is 24.5. The highest BCUT2D eigenvalue weighted by molar-refractivity contribution is 6.05. The first kappa shape index (κ1) is 29.5. The average molecular weight is 627 g/mol. The summed E-state index contributed by atoms with van der Waals surface area (Å²) in [6.45, 7) is 3.88. The Morgan fingerprint density at radius 1 is 1.02 bits per heavy atom. The summed E-state index contributed by atoms with van der Waals surface area (Å²) in [4.78, 5) is 42.4. The second kappa shape index (κ2) is 11.9. The SMILES string of the molecule is O=C1CCC(N2Cc3c(ccc(CN4CCC(n5cc(-n6nccc6N6CCOCC6)c(C(F)F)n5)CC4)c3F)C2=O)C(=O)N1. The molecule has 0 saturated carbocycles. The van der Waals surface area contributed by atoms with Gasteiger partial charge < -0.3 is 14.5 Å². The zero-order valence-corrected chi connectivity index (χ0v) is 24.5. The van der Waals surface area contributed by atoms with Crippen molar-refractivity contribution in [3.8, 4) is 5.69 Å². The lowest BCUT2D eigenvalue weighted by molar-refractivity contribution is -0.136. The molecule has 3 aromatic rings. The molecular weight excluding hydrogens is 593 g/mol. The molecule has 1 atom stereocenters. The number of rotatable bonds is 7. The number of piperidine rings is 2. The van der Waals surface area contributed by atoms with Gasteiger partial charge in [0, 0.05) is 61.9 Å². The molecule has 0 radical (unpaired) electrons. The van der Waals surface area contributed by atoms with Gasteiger partial charge in [0.15, 0.2) is 5.69 Å². The van der Waals surface area contributed by atoms with Crippen LogP contribution in [0.25, 0.3) is 5.69 Å². The number of likely N-dealkylation sites (tertiary alicyclic amines) is 1. The van der Waals surface area contributed by atoms with E-state index < -0.39 is 30.1 Å². The second-order valence-corrected chi connectivity index (χ2v) is 11.9. The van der Waals surface area contributed by atoms with Crippen molar-refractivity contribution in [1.82, 2.24) is 34.7 Å². The van der Waals surface area contributed by atoms with Crippen molar-refractivity contribution in [3.05, 3.63) is 58.8 Å². The molecule has 0 spiro atoms. The summed E-state index contributed by atoms with van der Waals surface area (Å²) < 4.78 is 52.6. The van der Waals surface area contributed by atoms with E-state index in [9.17, 15) is 23.2 Å². The summed E-state index contributed by atoms with van der Waals surface area (Å²) in [7, 11) is 0. The predicted octanol–water partition coefficient (Wildman–Crippen LogP) is 2.58. The van der Waals surface area contributed by atoms with Crippen molar-refractivity contribution in [2.45, 2.75) is 57.3 Å². The van der Waals surface area contributed by atoms with Crippen LogP contribution in [0.4, 0.5) is 19.0 Å². The number of aromatic nitrogens is 4. The van der Waals surface area contributed by atoms with Crippen LogP contribution >= 0.6 is 0 Å². The summed E-state index contributed by atoms with van der Waals surface area (Å²) in [5, 5.41) is 10.9. The molecular formula is C30H33F3N8O4. The van der Waals surface area contributed by atoms with Crippen molar-refractivity contribution in [2.24, 2.45) is 0 Å². The van der Waals surface area contributed by atoms with Crippen LogP contribution in [0.2, 0.25) is 0 Å². The number of amides is 3. The standard InChI is InChI=1S/C30H33F3N8O4/c31-26-18(1-2-20-21(26)16-39(30(20)44)22-3-4-24(42)35-29(22)43)15-37-9-6-19(7-10-37)40-17-23(27(36-40)28(32)33)41-25(5-8-34-41)38-11-13-45-14-12-38/h1-2,5,8,17,19,22,28H,3-4,6-7,9-16H2,(H,35,42,43). The number of alkyl halides is 2. The second-order valence-electron chi connectivity index (χ2n) is 11.9. The fraction of sp³-hybridized carbons (Fsp3) is 0.500. The Morgan fingerprint density at radius 2 is 1.80 bits per heavy atom. The number of carbonyl (C=O) groups is 3. The normalized spacial score (nSPS) is 21.6. The highest BCUT2D eigenvalue weighted by atomic mass is 19.3. The molecule has 3 saturated heterocycles. The minimum Gasteiger partial charge on any atom is -0.378 e. The lowest BCUT2D eigenvalue weighted by atomic mass is 10.0. The summed E-state index contributed by atoms with van der Waals surface area (Å²) in [6.07, 6.45) is 2.06. The lowest BCUT2D eigenvalue weighted by Gasteiger charge is -2.32. The predicted molar refractivity (Wildman–Crippen MR) is 153 cm³/mol. The van der Waals surface area contributed by atoms with E-state index in [2.05, 4.69) is 25.3 Å². The largest absolute Gasteiger partial charge is 0.378 e. The number of halogens is 3. The van der Waals surface area contributed by atoms with Crippen LogP contribution in [0.5, 0.6) is 0 Å². The number of hydrogen-bond donors (Lipinski definition) is 1. The number of nitrogens with zero attached hydrogens (tertiary/aromatic N) is 7. The van der Waals surface area contributed by atoms with Crippen molar-refractivity contribution >= 4 is 23.5 Å². The molecule has 1 N–H and O–H groups in total. The van der Waals surface area contributed by atoms with Crippen LogP contribution in [0, 0.1) is 5.82 Å². The first-order chi connectivity index (χ1) is 21.8. The number of imide groups is 1. The van der Waals surface area contributed by atoms with E-state index in [-0.39, 0.29) is 53.8 Å². The Labute approximate surface area is 256 Å². The molecule has 2 aromatic heterocycles. The third-order valence-corrected chi connectivity index (χ3v) is 9.19. The van der Waals surface area contributed by atoms with E-state index in [1.165, 1.54) is 9.58 Å². The molecule has 3 fully saturated rings. The van der Waals surface area contributed by atoms with E-state index in [1.54, 1.807) is 35.3 Å². The minimum atomic E-state index is -2.77. The van der Waals surface area contributed by atoms with Crippen LogP contribution in [0.3, 0.4) is 0 Å². The van der Waals surface area contributed by atoms with Crippen LogP contribution in [-0.4, -0.2) is 92.5 Å². The van der Waals surface area contributed by atoms with Gasteiger partial charge in [-0.15, -0.1) is 0 Å². The third kappa shape index (κ3) is 5.47. The summed E-state index contributed by atoms with van der Waals surface area (Å²) in [5.41, 5.74) is 0.867. The Hall–Kier alpha value is -4.24. The number of carbonyl (C=O) groups excluding carboxylic acids is 3. The van der Waals surface area contributed by atoms with Crippen molar-refractivity contribution in [3.63, 3.8) is 0 Å². The molecule has 7 rings (SSSR count). The molecule has 12 nitrogen and oxygen atoms in total. The summed E-state index contributed by atoms with van der Waals surface area (Å²) in [6, 6.07) is 4.09. The molecule has 4 aliphatic heterocycles. The maximum atomic E-state index is 15.7. The van der Waals surface area contributed by atoms with Crippen molar-refractivity contribution in [1.29, 1.82) is 0 Å². The smallest absolute Gasteiger partial charge is 0.284 e. The quantitative estimate of drug-likeness (QED) is 0.398. The number of anilines is 1. The highest BCUT2D eigenvalue weighted by Crippen LogP contribution is 2.34. The van der Waals surface area contributed by atoms with Gasteiger partial charge in [0.25, 0.3) is 12.3 Å². The van der Waals surface area contributed by atoms with Gasteiger partial charge in [-0.2, -0.15) is 10.2 Å². The summed E-state index contributed by atoms with van der Waals surface area (Å²) >= 11 is 0. The van der Waals surface area contributed by atoms with Gasteiger partial charge in [0.05, 0.1) is 38.2 Å². The molecule has 45 heavy (non-hydrogen) atoms. The third-order valence-electron chi connectivity index (χ3n) is 9.19. The van der Waals surface area contributed by atoms with Crippen molar-refractivity contribution in [2.75, 3.05) is 44.3 Å². The molecule has 1 aromatic carbocycles. The molecule has 0 aliphatic carbocycles. The number of ether oxygens (including phenoxy) is 1. The van der Waals surface area contributed by atoms with Gasteiger partial charge in [-0.25, -0.2) is 17.9 Å². The van der Waals surface area contributed by atoms with E-state index in [0.29, 0.717) is 70.2 Å². The van der Waals surface area contributed by atoms with Gasteiger partial charge >= 0.3 is 0 Å². The van der Waals surface area contributed by atoms with Gasteiger partial charge in [-0.05, 0) is 25.3 Å². The van der Waals surface area contributed by atoms with Gasteiger partial charge in [-0.3, -0.25) is 29.3 Å². The molecule has 1 unspecified atom stereocenters. The van der Waals surface area contributed by atoms with Crippen LogP contribution in [0.15, 0.2) is 30.6 Å². The highest BCUT2D eigenvalue weighted by Gasteiger charge is 2.40. The van der Waals surface area contributed by atoms with Gasteiger partial charge in [0.2, 0.25) is 11.8 Å². The van der Waals surface area contributed by atoms with Crippen LogP contribution in [0.1, 0.15) is 65.3 Å². The van der Waals surface area contributed by atoms with E-state index in [1.807, 2.05) is 0 Å². The summed E-state index contributed by atoms with van der Waals surface area (Å²) in [5.74, 6) is -1.09. The zero-order chi connectivity index (χ0) is 31.2. The van der Waals surface area contributed by atoms with E-state index in [0.717, 1.165) is 0 Å². The van der Waals surface area contributed by atoms with E-state index >= 15 is 4.39 Å². The Morgan fingerprint density at radius 3 is 2.53 bits per heavy atom. The first-order valence-electron chi connectivity index (χ1n) is 15.2. The maximum absolute atomic E-state index is 15.7. The molecule has 3 amide bonds. The fourth-order valence-corrected chi connectivity index (χ4v) is 6.77. The maximum Gasteiger partial charge on any atom is 0.284 e. The van der Waals surface area contributed by atoms with E-state index in [4.69, 9.17) is 4.74 Å². The lowest BCUT2D eigenvalue weighted by Crippen LogP contribution is -2.52. The first-order valence-corrected chi connectivity index (χ1v) is 15.2. The average Bonchev–Trinajstić information content (AvgIpc) is 3.77. The minimum absolute atomic E-state index is 0.0280. The number of hydrogen-bond acceptors (Lipinski definition) is 8. The number of morpholine rings is 1. The Bertz CT molecular complexity index is 1630. The molecule has 238 valence electrons. The molecule has 0 bridgehead atoms. The Balaban J connectivity index is 1.02. The number of fused-ring (bicyclic) bond motifs is 1.